The Morgan fingerprint density at radius 3 is 3.13 bits per heavy atom. The molecule has 2 nitrogen and oxygen atoms in total. The van der Waals surface area contributed by atoms with Gasteiger partial charge in [-0.05, 0) is 18.6 Å². The molecular formula is C11H10F2N2. The Balaban J connectivity index is 2.06. The van der Waals surface area contributed by atoms with E-state index in [-0.39, 0.29) is 0 Å². The maximum atomic E-state index is 13.4. The second-order valence-electron chi connectivity index (χ2n) is 3.88. The van der Waals surface area contributed by atoms with Gasteiger partial charge in [0.15, 0.2) is 0 Å². The molecular weight excluding hydrogens is 198 g/mol. The standard InChI is InChI=1S/C11H10F2N2/c12-7-4-9(13)8-6-15-3-1-2-11(15)14-10(8)5-7/h4-7H,1-3H2. The van der Waals surface area contributed by atoms with Crippen LogP contribution < -0.4 is 0 Å². The van der Waals surface area contributed by atoms with Crippen LogP contribution in [-0.2, 0) is 0 Å². The molecule has 15 heavy (non-hydrogen) atoms. The number of halogens is 2. The van der Waals surface area contributed by atoms with Gasteiger partial charge in [-0.15, -0.1) is 0 Å². The number of nitrogens with zero attached hydrogens (tertiary/aromatic N) is 2. The molecule has 0 saturated carbocycles. The molecule has 1 aliphatic carbocycles. The van der Waals surface area contributed by atoms with Crippen LogP contribution in [-0.4, -0.2) is 23.5 Å². The van der Waals surface area contributed by atoms with Gasteiger partial charge >= 0.3 is 0 Å². The zero-order chi connectivity index (χ0) is 10.4. The van der Waals surface area contributed by atoms with E-state index in [2.05, 4.69) is 4.99 Å². The second-order valence-corrected chi connectivity index (χ2v) is 3.88. The van der Waals surface area contributed by atoms with Gasteiger partial charge in [0.2, 0.25) is 0 Å². The number of alkyl halides is 1. The first-order chi connectivity index (χ1) is 7.24. The van der Waals surface area contributed by atoms with E-state index >= 15 is 0 Å². The molecule has 3 aliphatic rings. The van der Waals surface area contributed by atoms with Crippen LogP contribution in [0.3, 0.4) is 0 Å². The van der Waals surface area contributed by atoms with E-state index in [1.54, 1.807) is 6.20 Å². The molecule has 4 heteroatoms. The lowest BCUT2D eigenvalue weighted by atomic mass is 10.0. The molecule has 0 radical (unpaired) electrons. The first kappa shape index (κ1) is 8.83. The third kappa shape index (κ3) is 1.32. The summed E-state index contributed by atoms with van der Waals surface area (Å²) in [5.74, 6) is 0.418. The molecule has 78 valence electrons. The average molecular weight is 208 g/mol. The van der Waals surface area contributed by atoms with Crippen molar-refractivity contribution in [1.82, 2.24) is 4.90 Å². The Morgan fingerprint density at radius 2 is 2.27 bits per heavy atom. The van der Waals surface area contributed by atoms with Crippen molar-refractivity contribution in [2.24, 2.45) is 4.99 Å². The van der Waals surface area contributed by atoms with Crippen LogP contribution in [0, 0.1) is 0 Å². The Morgan fingerprint density at radius 1 is 1.40 bits per heavy atom. The van der Waals surface area contributed by atoms with E-state index in [0.717, 1.165) is 31.3 Å². The molecule has 0 spiro atoms. The third-order valence-corrected chi connectivity index (χ3v) is 2.82. The van der Waals surface area contributed by atoms with Crippen molar-refractivity contribution in [1.29, 1.82) is 0 Å². The highest BCUT2D eigenvalue weighted by molar-refractivity contribution is 5.88. The third-order valence-electron chi connectivity index (χ3n) is 2.82. The lowest BCUT2D eigenvalue weighted by Crippen LogP contribution is -2.24. The van der Waals surface area contributed by atoms with Gasteiger partial charge < -0.3 is 4.90 Å². The number of allylic oxidation sites excluding steroid dienone is 3. The summed E-state index contributed by atoms with van der Waals surface area (Å²) >= 11 is 0. The van der Waals surface area contributed by atoms with E-state index in [4.69, 9.17) is 0 Å². The topological polar surface area (TPSA) is 15.6 Å². The molecule has 0 N–H and O–H groups in total. The molecule has 0 aromatic heterocycles. The van der Waals surface area contributed by atoms with Gasteiger partial charge in [0.05, 0.1) is 11.3 Å². The van der Waals surface area contributed by atoms with Crippen LogP contribution in [0.5, 0.6) is 0 Å². The predicted octanol–water partition coefficient (Wildman–Crippen LogP) is 2.47. The van der Waals surface area contributed by atoms with E-state index < -0.39 is 12.0 Å². The normalized spacial score (nSPS) is 28.7. The van der Waals surface area contributed by atoms with E-state index in [1.807, 2.05) is 4.90 Å². The fraction of sp³-hybridized carbons (Fsp3) is 0.364. The zero-order valence-corrected chi connectivity index (χ0v) is 8.08. The minimum Gasteiger partial charge on any atom is -0.336 e. The molecule has 0 amide bonds. The van der Waals surface area contributed by atoms with Crippen molar-refractivity contribution < 1.29 is 8.78 Å². The molecule has 2 aliphatic heterocycles. The van der Waals surface area contributed by atoms with Gasteiger partial charge in [0.25, 0.3) is 0 Å². The van der Waals surface area contributed by atoms with E-state index in [1.165, 1.54) is 6.08 Å². The SMILES string of the molecule is FC1=CC(F)C=C2N=C3CCCN3C=C12. The van der Waals surface area contributed by atoms with Crippen molar-refractivity contribution in [2.75, 3.05) is 6.54 Å². The lowest BCUT2D eigenvalue weighted by Gasteiger charge is -2.24. The monoisotopic (exact) mass is 208 g/mol. The van der Waals surface area contributed by atoms with Gasteiger partial charge in [-0.3, -0.25) is 0 Å². The molecule has 1 saturated heterocycles. The van der Waals surface area contributed by atoms with Crippen LogP contribution in [0.1, 0.15) is 12.8 Å². The Kier molecular flexibility index (Phi) is 1.78. The second kappa shape index (κ2) is 3.02. The maximum Gasteiger partial charge on any atom is 0.142 e. The minimum absolute atomic E-state index is 0.412. The summed E-state index contributed by atoms with van der Waals surface area (Å²) in [4.78, 5) is 6.22. The Bertz CT molecular complexity index is 432. The fourth-order valence-corrected chi connectivity index (χ4v) is 2.10. The van der Waals surface area contributed by atoms with Crippen molar-refractivity contribution >= 4 is 5.84 Å². The summed E-state index contributed by atoms with van der Waals surface area (Å²) in [5, 5.41) is 0. The molecule has 1 unspecified atom stereocenters. The van der Waals surface area contributed by atoms with E-state index in [0.29, 0.717) is 11.3 Å². The summed E-state index contributed by atoms with van der Waals surface area (Å²) in [6, 6.07) is 0. The maximum absolute atomic E-state index is 13.4. The summed E-state index contributed by atoms with van der Waals surface area (Å²) in [7, 11) is 0. The van der Waals surface area contributed by atoms with Crippen LogP contribution in [0.15, 0.2) is 40.4 Å². The van der Waals surface area contributed by atoms with Gasteiger partial charge in [-0.1, -0.05) is 0 Å². The number of hydrogen-bond acceptors (Lipinski definition) is 2. The van der Waals surface area contributed by atoms with Crippen molar-refractivity contribution in [3.63, 3.8) is 0 Å². The largest absolute Gasteiger partial charge is 0.336 e. The molecule has 0 bridgehead atoms. The average Bonchev–Trinajstić information content (AvgIpc) is 2.61. The van der Waals surface area contributed by atoms with Crippen LogP contribution >= 0.6 is 0 Å². The van der Waals surface area contributed by atoms with Crippen LogP contribution in [0.2, 0.25) is 0 Å². The lowest BCUT2D eigenvalue weighted by molar-refractivity contribution is 0.450. The first-order valence-electron chi connectivity index (χ1n) is 5.04. The Hall–Kier alpha value is -1.45. The van der Waals surface area contributed by atoms with Crippen molar-refractivity contribution in [2.45, 2.75) is 19.0 Å². The van der Waals surface area contributed by atoms with Gasteiger partial charge in [-0.2, -0.15) is 0 Å². The van der Waals surface area contributed by atoms with Gasteiger partial charge in [0, 0.05) is 19.2 Å². The molecule has 3 rings (SSSR count). The molecule has 0 aromatic rings. The summed E-state index contributed by atoms with van der Waals surface area (Å²) < 4.78 is 26.5. The quantitative estimate of drug-likeness (QED) is 0.597. The molecule has 1 atom stereocenters. The highest BCUT2D eigenvalue weighted by Gasteiger charge is 2.27. The number of hydrogen-bond donors (Lipinski definition) is 0. The van der Waals surface area contributed by atoms with Gasteiger partial charge in [0.1, 0.15) is 17.8 Å². The predicted molar refractivity (Wildman–Crippen MR) is 53.6 cm³/mol. The smallest absolute Gasteiger partial charge is 0.142 e. The van der Waals surface area contributed by atoms with Crippen molar-refractivity contribution in [3.05, 3.63) is 35.4 Å². The number of fused-ring (bicyclic) bond motifs is 2. The zero-order valence-electron chi connectivity index (χ0n) is 8.08. The molecule has 2 heterocycles. The fourth-order valence-electron chi connectivity index (χ4n) is 2.10. The van der Waals surface area contributed by atoms with Crippen molar-refractivity contribution in [3.8, 4) is 0 Å². The number of rotatable bonds is 0. The minimum atomic E-state index is -1.35. The Labute approximate surface area is 86.3 Å². The molecule has 1 fully saturated rings. The number of amidine groups is 1. The highest BCUT2D eigenvalue weighted by Crippen LogP contribution is 2.33. The molecule has 0 aromatic carbocycles. The van der Waals surface area contributed by atoms with Crippen LogP contribution in [0.25, 0.3) is 0 Å². The summed E-state index contributed by atoms with van der Waals surface area (Å²) in [6.07, 6.45) is 4.64. The van der Waals surface area contributed by atoms with Gasteiger partial charge in [-0.25, -0.2) is 13.8 Å². The highest BCUT2D eigenvalue weighted by atomic mass is 19.1. The summed E-state index contributed by atoms with van der Waals surface area (Å²) in [6.45, 7) is 0.877. The number of aliphatic imine (C=N–C) groups is 1. The summed E-state index contributed by atoms with van der Waals surface area (Å²) in [5.41, 5.74) is 0.852. The van der Waals surface area contributed by atoms with E-state index in [9.17, 15) is 8.78 Å². The first-order valence-corrected chi connectivity index (χ1v) is 5.04. The van der Waals surface area contributed by atoms with Crippen LogP contribution in [0.4, 0.5) is 8.78 Å².